The number of carbonyl (C=O) groups excluding carboxylic acids is 1. The van der Waals surface area contributed by atoms with Gasteiger partial charge in [-0.25, -0.2) is 4.98 Å². The predicted molar refractivity (Wildman–Crippen MR) is 72.0 cm³/mol. The summed E-state index contributed by atoms with van der Waals surface area (Å²) in [5.41, 5.74) is 0. The molecule has 1 aromatic rings. The van der Waals surface area contributed by atoms with Gasteiger partial charge in [-0.15, -0.1) is 0 Å². The summed E-state index contributed by atoms with van der Waals surface area (Å²) in [4.78, 5) is 28.8. The van der Waals surface area contributed by atoms with Crippen LogP contribution in [0.15, 0.2) is 18.7 Å². The first-order valence-electron chi connectivity index (χ1n) is 6.84. The number of imidazole rings is 1. The van der Waals surface area contributed by atoms with E-state index >= 15 is 0 Å². The van der Waals surface area contributed by atoms with Crippen molar-refractivity contribution in [1.82, 2.24) is 19.8 Å². The number of rotatable bonds is 5. The highest BCUT2D eigenvalue weighted by molar-refractivity contribution is 5.77. The van der Waals surface area contributed by atoms with E-state index in [1.54, 1.807) is 17.4 Å². The minimum absolute atomic E-state index is 0.0278. The summed E-state index contributed by atoms with van der Waals surface area (Å²) < 4.78 is 1.93. The van der Waals surface area contributed by atoms with Crippen LogP contribution in [0.2, 0.25) is 0 Å². The van der Waals surface area contributed by atoms with Crippen molar-refractivity contribution >= 4 is 11.9 Å². The number of hydrogen-bond donors (Lipinski definition) is 2. The lowest BCUT2D eigenvalue weighted by molar-refractivity contribution is -0.143. The lowest BCUT2D eigenvalue weighted by Crippen LogP contribution is -2.38. The Morgan fingerprint density at radius 1 is 1.45 bits per heavy atom. The third kappa shape index (κ3) is 4.06. The molecule has 1 atom stereocenters. The number of aromatic nitrogens is 2. The van der Waals surface area contributed by atoms with Crippen LogP contribution in [0.3, 0.4) is 0 Å². The van der Waals surface area contributed by atoms with Gasteiger partial charge in [-0.1, -0.05) is 0 Å². The van der Waals surface area contributed by atoms with Crippen molar-refractivity contribution in [3.63, 3.8) is 0 Å². The molecule has 2 rings (SSSR count). The fraction of sp³-hybridized carbons (Fsp3) is 0.615. The zero-order chi connectivity index (χ0) is 14.4. The van der Waals surface area contributed by atoms with Gasteiger partial charge in [0.05, 0.1) is 12.2 Å². The third-order valence-electron chi connectivity index (χ3n) is 3.46. The van der Waals surface area contributed by atoms with Crippen LogP contribution in [-0.2, 0) is 16.1 Å². The van der Waals surface area contributed by atoms with Gasteiger partial charge in [0.1, 0.15) is 0 Å². The van der Waals surface area contributed by atoms with E-state index in [9.17, 15) is 9.59 Å². The highest BCUT2D eigenvalue weighted by atomic mass is 16.4. The molecule has 0 aliphatic carbocycles. The Bertz CT molecular complexity index is 446. The molecule has 20 heavy (non-hydrogen) atoms. The average Bonchev–Trinajstić information content (AvgIpc) is 2.80. The molecule has 2 heterocycles. The highest BCUT2D eigenvalue weighted by Gasteiger charge is 2.25. The monoisotopic (exact) mass is 280 g/mol. The minimum atomic E-state index is -0.851. The zero-order valence-electron chi connectivity index (χ0n) is 11.4. The summed E-state index contributed by atoms with van der Waals surface area (Å²) in [6.07, 6.45) is 6.46. The Morgan fingerprint density at radius 3 is 3.00 bits per heavy atom. The SMILES string of the molecule is O=C(O)C1CNCCN(C(=O)CCCn2ccnc2)C1. The smallest absolute Gasteiger partial charge is 0.309 e. The van der Waals surface area contributed by atoms with E-state index in [0.29, 0.717) is 32.6 Å². The van der Waals surface area contributed by atoms with Gasteiger partial charge in [-0.05, 0) is 6.42 Å². The second kappa shape index (κ2) is 7.04. The summed E-state index contributed by atoms with van der Waals surface area (Å²) in [5.74, 6) is -1.34. The van der Waals surface area contributed by atoms with Crippen molar-refractivity contribution in [2.24, 2.45) is 5.92 Å². The van der Waals surface area contributed by atoms with Gasteiger partial charge >= 0.3 is 5.97 Å². The molecule has 1 aliphatic rings. The summed E-state index contributed by atoms with van der Waals surface area (Å²) in [6, 6.07) is 0. The van der Waals surface area contributed by atoms with Gasteiger partial charge in [-0.3, -0.25) is 9.59 Å². The van der Waals surface area contributed by atoms with Crippen LogP contribution < -0.4 is 5.32 Å². The molecule has 0 radical (unpaired) electrons. The fourth-order valence-corrected chi connectivity index (χ4v) is 2.29. The maximum absolute atomic E-state index is 12.1. The van der Waals surface area contributed by atoms with Crippen LogP contribution in [0.5, 0.6) is 0 Å². The van der Waals surface area contributed by atoms with Crippen molar-refractivity contribution in [1.29, 1.82) is 0 Å². The van der Waals surface area contributed by atoms with E-state index in [4.69, 9.17) is 5.11 Å². The Labute approximate surface area is 117 Å². The Balaban J connectivity index is 1.79. The Morgan fingerprint density at radius 2 is 2.30 bits per heavy atom. The number of amides is 1. The molecular formula is C13H20N4O3. The number of aliphatic carboxylic acids is 1. The lowest BCUT2D eigenvalue weighted by Gasteiger charge is -2.22. The number of hydrogen-bond acceptors (Lipinski definition) is 4. The van der Waals surface area contributed by atoms with Crippen LogP contribution in [0, 0.1) is 5.92 Å². The van der Waals surface area contributed by atoms with Crippen LogP contribution in [0.25, 0.3) is 0 Å². The third-order valence-corrected chi connectivity index (χ3v) is 3.46. The van der Waals surface area contributed by atoms with E-state index in [2.05, 4.69) is 10.3 Å². The molecule has 0 aromatic carbocycles. The highest BCUT2D eigenvalue weighted by Crippen LogP contribution is 2.07. The predicted octanol–water partition coefficient (Wildman–Crippen LogP) is -0.204. The standard InChI is InChI=1S/C13H20N4O3/c18-12(2-1-5-16-6-3-15-10-16)17-7-4-14-8-11(9-17)13(19)20/h3,6,10-11,14H,1-2,4-5,7-9H2,(H,19,20). The number of carbonyl (C=O) groups is 2. The lowest BCUT2D eigenvalue weighted by atomic mass is 10.1. The number of carboxylic acid groups (broad SMARTS) is 1. The molecule has 110 valence electrons. The maximum Gasteiger partial charge on any atom is 0.309 e. The number of nitrogens with one attached hydrogen (secondary N) is 1. The summed E-state index contributed by atoms with van der Waals surface area (Å²) >= 11 is 0. The molecule has 1 saturated heterocycles. The largest absolute Gasteiger partial charge is 0.481 e. The number of carboxylic acids is 1. The molecule has 2 N–H and O–H groups in total. The first kappa shape index (κ1) is 14.5. The molecule has 1 unspecified atom stereocenters. The van der Waals surface area contributed by atoms with Gasteiger partial charge in [0, 0.05) is 51.5 Å². The molecule has 0 saturated carbocycles. The van der Waals surface area contributed by atoms with Gasteiger partial charge in [0.25, 0.3) is 0 Å². The van der Waals surface area contributed by atoms with E-state index < -0.39 is 11.9 Å². The van der Waals surface area contributed by atoms with Gasteiger partial charge < -0.3 is 19.9 Å². The van der Waals surface area contributed by atoms with Gasteiger partial charge in [0.2, 0.25) is 5.91 Å². The summed E-state index contributed by atoms with van der Waals surface area (Å²) in [5, 5.41) is 12.1. The van der Waals surface area contributed by atoms with Crippen molar-refractivity contribution in [3.8, 4) is 0 Å². The molecule has 1 aliphatic heterocycles. The molecule has 1 amide bonds. The average molecular weight is 280 g/mol. The summed E-state index contributed by atoms with van der Waals surface area (Å²) in [6.45, 7) is 2.70. The molecule has 1 fully saturated rings. The van der Waals surface area contributed by atoms with E-state index in [-0.39, 0.29) is 5.91 Å². The minimum Gasteiger partial charge on any atom is -0.481 e. The van der Waals surface area contributed by atoms with Crippen molar-refractivity contribution < 1.29 is 14.7 Å². The quantitative estimate of drug-likeness (QED) is 0.779. The molecule has 0 bridgehead atoms. The van der Waals surface area contributed by atoms with Crippen LogP contribution in [-0.4, -0.2) is 57.6 Å². The Hall–Kier alpha value is -1.89. The molecule has 7 heteroatoms. The molecule has 7 nitrogen and oxygen atoms in total. The summed E-state index contributed by atoms with van der Waals surface area (Å²) in [7, 11) is 0. The van der Waals surface area contributed by atoms with Gasteiger partial charge in [0.15, 0.2) is 0 Å². The zero-order valence-corrected chi connectivity index (χ0v) is 11.4. The topological polar surface area (TPSA) is 87.5 Å². The maximum atomic E-state index is 12.1. The first-order valence-corrected chi connectivity index (χ1v) is 6.84. The first-order chi connectivity index (χ1) is 9.66. The van der Waals surface area contributed by atoms with Crippen molar-refractivity contribution in [2.45, 2.75) is 19.4 Å². The van der Waals surface area contributed by atoms with E-state index in [1.165, 1.54) is 0 Å². The van der Waals surface area contributed by atoms with Crippen molar-refractivity contribution in [3.05, 3.63) is 18.7 Å². The van der Waals surface area contributed by atoms with E-state index in [1.807, 2.05) is 10.8 Å². The van der Waals surface area contributed by atoms with Crippen LogP contribution in [0.4, 0.5) is 0 Å². The second-order valence-electron chi connectivity index (χ2n) is 4.98. The van der Waals surface area contributed by atoms with E-state index in [0.717, 1.165) is 13.0 Å². The number of aryl methyl sites for hydroxylation is 1. The molecular weight excluding hydrogens is 260 g/mol. The molecule has 1 aromatic heterocycles. The fourth-order valence-electron chi connectivity index (χ4n) is 2.29. The normalized spacial score (nSPS) is 19.6. The van der Waals surface area contributed by atoms with Crippen LogP contribution >= 0.6 is 0 Å². The van der Waals surface area contributed by atoms with Crippen LogP contribution in [0.1, 0.15) is 12.8 Å². The van der Waals surface area contributed by atoms with Gasteiger partial charge in [-0.2, -0.15) is 0 Å². The van der Waals surface area contributed by atoms with Crippen molar-refractivity contribution in [2.75, 3.05) is 26.2 Å². The Kier molecular flexibility index (Phi) is 5.11. The number of nitrogens with zero attached hydrogens (tertiary/aromatic N) is 3. The molecule has 0 spiro atoms. The second-order valence-corrected chi connectivity index (χ2v) is 4.98.